The van der Waals surface area contributed by atoms with Gasteiger partial charge in [-0.25, -0.2) is 8.78 Å². The number of rotatable bonds is 3. The van der Waals surface area contributed by atoms with Gasteiger partial charge < -0.3 is 10.8 Å². The van der Waals surface area contributed by atoms with Crippen molar-refractivity contribution in [2.24, 2.45) is 5.73 Å². The van der Waals surface area contributed by atoms with E-state index in [1.54, 1.807) is 0 Å². The predicted molar refractivity (Wildman–Crippen MR) is 45.0 cm³/mol. The molecule has 0 aliphatic carbocycles. The van der Waals surface area contributed by atoms with Crippen LogP contribution in [0.1, 0.15) is 18.0 Å². The zero-order valence-electron chi connectivity index (χ0n) is 7.00. The van der Waals surface area contributed by atoms with Gasteiger partial charge in [0.15, 0.2) is 0 Å². The average molecular weight is 187 g/mol. The lowest BCUT2D eigenvalue weighted by atomic mass is 10.0. The first-order valence-corrected chi connectivity index (χ1v) is 3.96. The Balaban J connectivity index is 2.91. The maximum absolute atomic E-state index is 13.0. The van der Waals surface area contributed by atoms with E-state index in [2.05, 4.69) is 0 Å². The zero-order chi connectivity index (χ0) is 9.84. The maximum atomic E-state index is 13.0. The molecule has 0 spiro atoms. The molecule has 0 fully saturated rings. The second-order valence-corrected chi connectivity index (χ2v) is 2.78. The monoisotopic (exact) mass is 187 g/mol. The van der Waals surface area contributed by atoms with Gasteiger partial charge >= 0.3 is 0 Å². The van der Waals surface area contributed by atoms with E-state index in [4.69, 9.17) is 10.8 Å². The Morgan fingerprint density at radius 1 is 1.38 bits per heavy atom. The van der Waals surface area contributed by atoms with Gasteiger partial charge in [-0.1, -0.05) is 0 Å². The average Bonchev–Trinajstić information content (AvgIpc) is 2.09. The van der Waals surface area contributed by atoms with Gasteiger partial charge in [-0.05, 0) is 24.6 Å². The first-order valence-electron chi connectivity index (χ1n) is 3.96. The van der Waals surface area contributed by atoms with Crippen LogP contribution in [0, 0.1) is 11.6 Å². The summed E-state index contributed by atoms with van der Waals surface area (Å²) in [6.45, 7) is -0.142. The SMILES string of the molecule is N[C@H](CCO)c1cc(F)ccc1F. The molecule has 72 valence electrons. The van der Waals surface area contributed by atoms with E-state index in [0.29, 0.717) is 0 Å². The van der Waals surface area contributed by atoms with Gasteiger partial charge in [0.2, 0.25) is 0 Å². The Morgan fingerprint density at radius 2 is 2.08 bits per heavy atom. The van der Waals surface area contributed by atoms with Crippen molar-refractivity contribution in [2.75, 3.05) is 6.61 Å². The minimum atomic E-state index is -0.652. The highest BCUT2D eigenvalue weighted by atomic mass is 19.1. The Labute approximate surface area is 75.0 Å². The second-order valence-electron chi connectivity index (χ2n) is 2.78. The molecule has 1 aromatic carbocycles. The molecule has 13 heavy (non-hydrogen) atoms. The normalized spacial score (nSPS) is 12.9. The van der Waals surface area contributed by atoms with Crippen molar-refractivity contribution in [3.8, 4) is 0 Å². The van der Waals surface area contributed by atoms with Crippen LogP contribution in [0.3, 0.4) is 0 Å². The van der Waals surface area contributed by atoms with Gasteiger partial charge in [-0.2, -0.15) is 0 Å². The molecule has 0 aliphatic heterocycles. The molecular weight excluding hydrogens is 176 g/mol. The molecule has 0 unspecified atom stereocenters. The molecule has 0 aliphatic rings. The Hall–Kier alpha value is -1.00. The maximum Gasteiger partial charge on any atom is 0.128 e. The Morgan fingerprint density at radius 3 is 2.69 bits per heavy atom. The van der Waals surface area contributed by atoms with Gasteiger partial charge in [0.05, 0.1) is 0 Å². The summed E-state index contributed by atoms with van der Waals surface area (Å²) in [6, 6.07) is 2.46. The van der Waals surface area contributed by atoms with E-state index in [0.717, 1.165) is 18.2 Å². The highest BCUT2D eigenvalue weighted by Crippen LogP contribution is 2.18. The molecule has 2 nitrogen and oxygen atoms in total. The molecule has 1 aromatic rings. The van der Waals surface area contributed by atoms with Gasteiger partial charge in [0.1, 0.15) is 11.6 Å². The third-order valence-electron chi connectivity index (χ3n) is 1.80. The third-order valence-corrected chi connectivity index (χ3v) is 1.80. The van der Waals surface area contributed by atoms with Crippen LogP contribution in [0.15, 0.2) is 18.2 Å². The fraction of sp³-hybridized carbons (Fsp3) is 0.333. The summed E-state index contributed by atoms with van der Waals surface area (Å²) in [5.41, 5.74) is 5.61. The molecular formula is C9H11F2NO. The molecule has 0 amide bonds. The Bertz CT molecular complexity index is 291. The van der Waals surface area contributed by atoms with Crippen LogP contribution in [0.4, 0.5) is 8.78 Å². The van der Waals surface area contributed by atoms with Crippen molar-refractivity contribution in [1.82, 2.24) is 0 Å². The van der Waals surface area contributed by atoms with Crippen LogP contribution in [0.25, 0.3) is 0 Å². The van der Waals surface area contributed by atoms with Crippen LogP contribution in [0.2, 0.25) is 0 Å². The quantitative estimate of drug-likeness (QED) is 0.750. The number of halogens is 2. The molecule has 1 rings (SSSR count). The van der Waals surface area contributed by atoms with Crippen molar-refractivity contribution >= 4 is 0 Å². The van der Waals surface area contributed by atoms with Crippen molar-refractivity contribution < 1.29 is 13.9 Å². The summed E-state index contributed by atoms with van der Waals surface area (Å²) in [4.78, 5) is 0. The molecule has 0 heterocycles. The number of aliphatic hydroxyl groups is 1. The lowest BCUT2D eigenvalue weighted by molar-refractivity contribution is 0.275. The zero-order valence-corrected chi connectivity index (χ0v) is 7.00. The highest BCUT2D eigenvalue weighted by Gasteiger charge is 2.11. The smallest absolute Gasteiger partial charge is 0.128 e. The molecule has 0 radical (unpaired) electrons. The van der Waals surface area contributed by atoms with Crippen LogP contribution in [0.5, 0.6) is 0 Å². The van der Waals surface area contributed by atoms with Gasteiger partial charge in [0.25, 0.3) is 0 Å². The van der Waals surface area contributed by atoms with Crippen LogP contribution in [-0.4, -0.2) is 11.7 Å². The number of aliphatic hydroxyl groups excluding tert-OH is 1. The summed E-state index contributed by atoms with van der Waals surface area (Å²) >= 11 is 0. The molecule has 4 heteroatoms. The number of benzene rings is 1. The standard InChI is InChI=1S/C9H11F2NO/c10-6-1-2-8(11)7(5-6)9(12)3-4-13/h1-2,5,9,13H,3-4,12H2/t9-/m1/s1. The predicted octanol–water partition coefficient (Wildman–Crippen LogP) is 1.35. The van der Waals surface area contributed by atoms with Crippen LogP contribution >= 0.6 is 0 Å². The van der Waals surface area contributed by atoms with E-state index in [9.17, 15) is 8.78 Å². The number of hydrogen-bond donors (Lipinski definition) is 2. The Kier molecular flexibility index (Phi) is 3.33. The largest absolute Gasteiger partial charge is 0.396 e. The molecule has 0 bridgehead atoms. The van der Waals surface area contributed by atoms with Crippen LogP contribution < -0.4 is 5.73 Å². The van der Waals surface area contributed by atoms with E-state index >= 15 is 0 Å². The summed E-state index contributed by atoms with van der Waals surface area (Å²) < 4.78 is 25.7. The van der Waals surface area contributed by atoms with E-state index in [1.807, 2.05) is 0 Å². The first-order chi connectivity index (χ1) is 6.15. The van der Waals surface area contributed by atoms with E-state index in [1.165, 1.54) is 0 Å². The van der Waals surface area contributed by atoms with E-state index < -0.39 is 17.7 Å². The third kappa shape index (κ3) is 2.47. The van der Waals surface area contributed by atoms with Crippen molar-refractivity contribution in [2.45, 2.75) is 12.5 Å². The van der Waals surface area contributed by atoms with Crippen LogP contribution in [-0.2, 0) is 0 Å². The van der Waals surface area contributed by atoms with Crippen molar-refractivity contribution in [3.63, 3.8) is 0 Å². The summed E-state index contributed by atoms with van der Waals surface area (Å²) in [7, 11) is 0. The first kappa shape index (κ1) is 10.1. The lowest BCUT2D eigenvalue weighted by Gasteiger charge is -2.10. The fourth-order valence-corrected chi connectivity index (χ4v) is 1.09. The van der Waals surface area contributed by atoms with Crippen molar-refractivity contribution in [3.05, 3.63) is 35.4 Å². The summed E-state index contributed by atoms with van der Waals surface area (Å²) in [6.07, 6.45) is 0.223. The molecule has 0 saturated heterocycles. The molecule has 0 saturated carbocycles. The van der Waals surface area contributed by atoms with Gasteiger partial charge in [-0.15, -0.1) is 0 Å². The topological polar surface area (TPSA) is 46.2 Å². The number of hydrogen-bond acceptors (Lipinski definition) is 2. The molecule has 3 N–H and O–H groups in total. The highest BCUT2D eigenvalue weighted by molar-refractivity contribution is 5.21. The van der Waals surface area contributed by atoms with Gasteiger partial charge in [-0.3, -0.25) is 0 Å². The second kappa shape index (κ2) is 4.30. The fourth-order valence-electron chi connectivity index (χ4n) is 1.09. The lowest BCUT2D eigenvalue weighted by Crippen LogP contribution is -2.13. The minimum Gasteiger partial charge on any atom is -0.396 e. The van der Waals surface area contributed by atoms with Gasteiger partial charge in [0, 0.05) is 18.2 Å². The van der Waals surface area contributed by atoms with Crippen molar-refractivity contribution in [1.29, 1.82) is 0 Å². The number of nitrogens with two attached hydrogens (primary N) is 1. The summed E-state index contributed by atoms with van der Waals surface area (Å²) in [5.74, 6) is -1.06. The minimum absolute atomic E-state index is 0.106. The summed E-state index contributed by atoms with van der Waals surface area (Å²) in [5, 5.41) is 8.56. The molecule has 0 aromatic heterocycles. The molecule has 1 atom stereocenters. The van der Waals surface area contributed by atoms with E-state index in [-0.39, 0.29) is 18.6 Å².